The van der Waals surface area contributed by atoms with Gasteiger partial charge in [-0.15, -0.1) is 0 Å². The zero-order valence-electron chi connectivity index (χ0n) is 14.8. The maximum Gasteiger partial charge on any atom is 0.289 e. The van der Waals surface area contributed by atoms with Gasteiger partial charge in [0.15, 0.2) is 0 Å². The van der Waals surface area contributed by atoms with Crippen LogP contribution in [0.1, 0.15) is 27.7 Å². The van der Waals surface area contributed by atoms with Gasteiger partial charge in [0.2, 0.25) is 11.8 Å². The molecule has 0 aromatic heterocycles. The Morgan fingerprint density at radius 3 is 2.36 bits per heavy atom. The Bertz CT molecular complexity index is 658. The van der Waals surface area contributed by atoms with E-state index in [0.29, 0.717) is 6.54 Å². The molecule has 2 N–H and O–H groups in total. The summed E-state index contributed by atoms with van der Waals surface area (Å²) in [5.41, 5.74) is -0.353. The fourth-order valence-electron chi connectivity index (χ4n) is 2.07. The second-order valence-corrected chi connectivity index (χ2v) is 6.98. The van der Waals surface area contributed by atoms with Crippen molar-refractivity contribution in [1.29, 1.82) is 0 Å². The number of nitro benzene ring substituents is 1. The lowest BCUT2D eigenvalue weighted by Crippen LogP contribution is -2.47. The number of anilines is 1. The number of nitro groups is 1. The zero-order chi connectivity index (χ0) is 19.2. The van der Waals surface area contributed by atoms with Crippen molar-refractivity contribution in [3.63, 3.8) is 0 Å². The maximum absolute atomic E-state index is 12.1. The molecule has 0 fully saturated rings. The summed E-state index contributed by atoms with van der Waals surface area (Å²) < 4.78 is 0. The molecule has 25 heavy (non-hydrogen) atoms. The Morgan fingerprint density at radius 2 is 1.84 bits per heavy atom. The third kappa shape index (κ3) is 7.49. The summed E-state index contributed by atoms with van der Waals surface area (Å²) >= 11 is 5.74. The van der Waals surface area contributed by atoms with Gasteiger partial charge in [0.1, 0.15) is 5.02 Å². The summed E-state index contributed by atoms with van der Waals surface area (Å²) in [4.78, 5) is 36.0. The highest BCUT2D eigenvalue weighted by molar-refractivity contribution is 6.32. The minimum absolute atomic E-state index is 0.00275. The minimum Gasteiger partial charge on any atom is -0.350 e. The lowest BCUT2D eigenvalue weighted by atomic mass is 10.1. The third-order valence-corrected chi connectivity index (χ3v) is 3.44. The number of carbonyl (C=O) groups excluding carboxylic acids is 2. The Balaban J connectivity index is 2.66. The average Bonchev–Trinajstić information content (AvgIpc) is 2.46. The van der Waals surface area contributed by atoms with Crippen LogP contribution in [0.4, 0.5) is 11.4 Å². The second kappa shape index (κ2) is 8.77. The van der Waals surface area contributed by atoms with Crippen molar-refractivity contribution in [1.82, 2.24) is 10.2 Å². The van der Waals surface area contributed by atoms with Gasteiger partial charge in [-0.1, -0.05) is 18.5 Å². The monoisotopic (exact) mass is 370 g/mol. The van der Waals surface area contributed by atoms with Gasteiger partial charge in [-0.3, -0.25) is 24.6 Å². The molecule has 0 atom stereocenters. The highest BCUT2D eigenvalue weighted by atomic mass is 35.5. The van der Waals surface area contributed by atoms with Crippen LogP contribution < -0.4 is 10.6 Å². The fourth-order valence-corrected chi connectivity index (χ4v) is 2.26. The van der Waals surface area contributed by atoms with E-state index in [0.717, 1.165) is 0 Å². The van der Waals surface area contributed by atoms with E-state index in [1.165, 1.54) is 18.2 Å². The smallest absolute Gasteiger partial charge is 0.289 e. The van der Waals surface area contributed by atoms with Gasteiger partial charge in [0.05, 0.1) is 18.0 Å². The summed E-state index contributed by atoms with van der Waals surface area (Å²) in [6.07, 6.45) is 0. The standard InChI is InChI=1S/C16H23ClN4O4/c1-5-20(10-15(23)19-16(2,3)4)9-14(22)18-11-6-7-12(17)13(8-11)21(24)25/h6-8H,5,9-10H2,1-4H3,(H,18,22)(H,19,23). The summed E-state index contributed by atoms with van der Waals surface area (Å²) in [7, 11) is 0. The molecule has 8 nitrogen and oxygen atoms in total. The number of likely N-dealkylation sites (N-methyl/N-ethyl adjacent to an activating group) is 1. The number of hydrogen-bond donors (Lipinski definition) is 2. The topological polar surface area (TPSA) is 105 Å². The van der Waals surface area contributed by atoms with Crippen molar-refractivity contribution in [2.45, 2.75) is 33.2 Å². The number of amides is 2. The first-order chi connectivity index (χ1) is 11.5. The second-order valence-electron chi connectivity index (χ2n) is 6.57. The van der Waals surface area contributed by atoms with Gasteiger partial charge in [-0.25, -0.2) is 0 Å². The molecule has 9 heteroatoms. The van der Waals surface area contributed by atoms with Gasteiger partial charge in [-0.05, 0) is 39.4 Å². The number of rotatable bonds is 7. The van der Waals surface area contributed by atoms with Crippen molar-refractivity contribution in [2.24, 2.45) is 0 Å². The molecule has 1 rings (SSSR count). The van der Waals surface area contributed by atoms with Crippen LogP contribution >= 0.6 is 11.6 Å². The molecule has 0 aliphatic heterocycles. The Morgan fingerprint density at radius 1 is 1.24 bits per heavy atom. The Labute approximate surface area is 151 Å². The average molecular weight is 371 g/mol. The number of halogens is 1. The van der Waals surface area contributed by atoms with Gasteiger partial charge in [0, 0.05) is 17.3 Å². The number of nitrogens with zero attached hydrogens (tertiary/aromatic N) is 2. The highest BCUT2D eigenvalue weighted by Gasteiger charge is 2.18. The molecule has 0 unspecified atom stereocenters. The third-order valence-electron chi connectivity index (χ3n) is 3.12. The normalized spacial score (nSPS) is 11.3. The summed E-state index contributed by atoms with van der Waals surface area (Å²) in [5.74, 6) is -0.550. The molecular formula is C16H23ClN4O4. The lowest BCUT2D eigenvalue weighted by Gasteiger charge is -2.24. The maximum atomic E-state index is 12.1. The lowest BCUT2D eigenvalue weighted by molar-refractivity contribution is -0.384. The van der Waals surface area contributed by atoms with Gasteiger partial charge >= 0.3 is 0 Å². The Kier molecular flexibility index (Phi) is 7.32. The largest absolute Gasteiger partial charge is 0.350 e. The molecule has 0 heterocycles. The molecule has 1 aromatic rings. The van der Waals surface area contributed by atoms with Gasteiger partial charge in [-0.2, -0.15) is 0 Å². The predicted octanol–water partition coefficient (Wildman–Crippen LogP) is 2.42. The van der Waals surface area contributed by atoms with E-state index in [1.54, 1.807) is 4.90 Å². The van der Waals surface area contributed by atoms with Gasteiger partial charge < -0.3 is 10.6 Å². The van der Waals surface area contributed by atoms with Crippen LogP contribution in [0.25, 0.3) is 0 Å². The van der Waals surface area contributed by atoms with E-state index in [9.17, 15) is 19.7 Å². The van der Waals surface area contributed by atoms with Crippen LogP contribution in [-0.4, -0.2) is 46.8 Å². The molecule has 0 aliphatic rings. The van der Waals surface area contributed by atoms with Crippen molar-refractivity contribution < 1.29 is 14.5 Å². The molecule has 0 radical (unpaired) electrons. The van der Waals surface area contributed by atoms with E-state index >= 15 is 0 Å². The van der Waals surface area contributed by atoms with Crippen LogP contribution in [0.3, 0.4) is 0 Å². The summed E-state index contributed by atoms with van der Waals surface area (Å²) in [5, 5.41) is 16.3. The van der Waals surface area contributed by atoms with Crippen molar-refractivity contribution in [3.8, 4) is 0 Å². The number of nitrogens with one attached hydrogen (secondary N) is 2. The fraction of sp³-hybridized carbons (Fsp3) is 0.500. The highest BCUT2D eigenvalue weighted by Crippen LogP contribution is 2.27. The molecular weight excluding hydrogens is 348 g/mol. The molecule has 0 saturated heterocycles. The van der Waals surface area contributed by atoms with Crippen molar-refractivity contribution in [3.05, 3.63) is 33.3 Å². The molecule has 0 saturated carbocycles. The van der Waals surface area contributed by atoms with E-state index in [1.807, 2.05) is 27.7 Å². The summed E-state index contributed by atoms with van der Waals surface area (Å²) in [6, 6.07) is 4.03. The first-order valence-electron chi connectivity index (χ1n) is 7.79. The molecule has 1 aromatic carbocycles. The van der Waals surface area contributed by atoms with Crippen molar-refractivity contribution >= 4 is 34.8 Å². The first-order valence-corrected chi connectivity index (χ1v) is 8.16. The predicted molar refractivity (Wildman–Crippen MR) is 96.7 cm³/mol. The minimum atomic E-state index is -0.618. The van der Waals surface area contributed by atoms with Crippen molar-refractivity contribution in [2.75, 3.05) is 25.0 Å². The quantitative estimate of drug-likeness (QED) is 0.566. The van der Waals surface area contributed by atoms with E-state index < -0.39 is 4.92 Å². The molecule has 2 amide bonds. The number of benzene rings is 1. The van der Waals surface area contributed by atoms with E-state index in [4.69, 9.17) is 11.6 Å². The Hall–Kier alpha value is -2.19. The van der Waals surface area contributed by atoms with Crippen LogP contribution in [0.2, 0.25) is 5.02 Å². The van der Waals surface area contributed by atoms with Gasteiger partial charge in [0.25, 0.3) is 5.69 Å². The molecule has 138 valence electrons. The van der Waals surface area contributed by atoms with Crippen LogP contribution in [0.15, 0.2) is 18.2 Å². The van der Waals surface area contributed by atoms with Crippen LogP contribution in [0.5, 0.6) is 0 Å². The van der Waals surface area contributed by atoms with E-state index in [2.05, 4.69) is 10.6 Å². The SMILES string of the molecule is CCN(CC(=O)Nc1ccc(Cl)c([N+](=O)[O-])c1)CC(=O)NC(C)(C)C. The van der Waals surface area contributed by atoms with Crippen LogP contribution in [0, 0.1) is 10.1 Å². The molecule has 0 bridgehead atoms. The molecule has 0 aliphatic carbocycles. The zero-order valence-corrected chi connectivity index (χ0v) is 15.5. The number of hydrogen-bond acceptors (Lipinski definition) is 5. The van der Waals surface area contributed by atoms with Crippen LogP contribution in [-0.2, 0) is 9.59 Å². The first kappa shape index (κ1) is 20.9. The molecule has 0 spiro atoms. The summed E-state index contributed by atoms with van der Waals surface area (Å²) in [6.45, 7) is 8.05. The van der Waals surface area contributed by atoms with E-state index in [-0.39, 0.29) is 46.8 Å². The number of carbonyl (C=O) groups is 2.